The van der Waals surface area contributed by atoms with Gasteiger partial charge < -0.3 is 0 Å². The first kappa shape index (κ1) is 14.9. The van der Waals surface area contributed by atoms with E-state index < -0.39 is 0 Å². The van der Waals surface area contributed by atoms with Gasteiger partial charge in [0.1, 0.15) is 0 Å². The van der Waals surface area contributed by atoms with Crippen molar-refractivity contribution in [2.24, 2.45) is 23.7 Å². The van der Waals surface area contributed by atoms with Crippen molar-refractivity contribution in [3.63, 3.8) is 0 Å². The van der Waals surface area contributed by atoms with Crippen LogP contribution in [-0.4, -0.2) is 0 Å². The van der Waals surface area contributed by atoms with Gasteiger partial charge >= 0.3 is 0 Å². The van der Waals surface area contributed by atoms with Crippen molar-refractivity contribution in [3.05, 3.63) is 24.3 Å². The van der Waals surface area contributed by atoms with Crippen LogP contribution in [0.4, 0.5) is 0 Å². The first-order valence-corrected chi connectivity index (χ1v) is 8.60. The third-order valence-corrected chi connectivity index (χ3v) is 5.29. The van der Waals surface area contributed by atoms with Gasteiger partial charge in [-0.15, -0.1) is 0 Å². The lowest BCUT2D eigenvalue weighted by atomic mass is 9.70. The van der Waals surface area contributed by atoms with Gasteiger partial charge in [0.15, 0.2) is 0 Å². The van der Waals surface area contributed by atoms with E-state index in [1.807, 2.05) is 0 Å². The normalized spacial score (nSPS) is 28.3. The molecule has 2 aliphatic rings. The van der Waals surface area contributed by atoms with E-state index in [1.54, 1.807) is 0 Å². The second kappa shape index (κ2) is 7.31. The Balaban J connectivity index is 1.95. The van der Waals surface area contributed by atoms with Crippen molar-refractivity contribution < 1.29 is 0 Å². The Labute approximate surface area is 120 Å². The summed E-state index contributed by atoms with van der Waals surface area (Å²) in [7, 11) is 0. The molecular weight excluding hydrogens is 228 g/mol. The van der Waals surface area contributed by atoms with Crippen molar-refractivity contribution in [2.45, 2.75) is 71.6 Å². The molecule has 0 aromatic rings. The van der Waals surface area contributed by atoms with E-state index >= 15 is 0 Å². The fourth-order valence-electron chi connectivity index (χ4n) is 3.89. The summed E-state index contributed by atoms with van der Waals surface area (Å²) in [5, 5.41) is 0. The van der Waals surface area contributed by atoms with Crippen LogP contribution in [0.25, 0.3) is 0 Å². The van der Waals surface area contributed by atoms with Crippen molar-refractivity contribution >= 4 is 0 Å². The minimum atomic E-state index is 0.679. The highest BCUT2D eigenvalue weighted by molar-refractivity contribution is 5.14. The lowest BCUT2D eigenvalue weighted by Crippen LogP contribution is -2.25. The van der Waals surface area contributed by atoms with Gasteiger partial charge in [0.25, 0.3) is 0 Å². The minimum Gasteiger partial charge on any atom is -0.0993 e. The second-order valence-corrected chi connectivity index (χ2v) is 6.79. The summed E-state index contributed by atoms with van der Waals surface area (Å²) < 4.78 is 0. The maximum atomic E-state index is 4.39. The number of rotatable bonds is 8. The van der Waals surface area contributed by atoms with Crippen molar-refractivity contribution in [1.29, 1.82) is 0 Å². The Bertz CT molecular complexity index is 308. The molecule has 2 rings (SSSR count). The standard InChI is InChI=1S/C19H32/c1-4-8-15(3)18-9-6-7-10-19(18)17(5-2)14-13-16-11-12-16/h6,9,16-19H,3-5,7-8,10-14H2,1-2H3. The zero-order chi connectivity index (χ0) is 13.7. The van der Waals surface area contributed by atoms with E-state index in [4.69, 9.17) is 0 Å². The summed E-state index contributed by atoms with van der Waals surface area (Å²) in [6.07, 6.45) is 17.4. The van der Waals surface area contributed by atoms with E-state index in [1.165, 1.54) is 63.4 Å². The first-order valence-electron chi connectivity index (χ1n) is 8.60. The molecule has 0 spiro atoms. The van der Waals surface area contributed by atoms with E-state index in [9.17, 15) is 0 Å². The van der Waals surface area contributed by atoms with E-state index in [0.717, 1.165) is 17.8 Å². The van der Waals surface area contributed by atoms with Crippen molar-refractivity contribution in [2.75, 3.05) is 0 Å². The minimum absolute atomic E-state index is 0.679. The van der Waals surface area contributed by atoms with Crippen LogP contribution in [0.15, 0.2) is 24.3 Å². The third-order valence-electron chi connectivity index (χ3n) is 5.29. The molecule has 1 saturated carbocycles. The van der Waals surface area contributed by atoms with E-state index in [0.29, 0.717) is 5.92 Å². The van der Waals surface area contributed by atoms with Gasteiger partial charge in [0.2, 0.25) is 0 Å². The highest BCUT2D eigenvalue weighted by Crippen LogP contribution is 2.42. The fourth-order valence-corrected chi connectivity index (χ4v) is 3.89. The first-order chi connectivity index (χ1) is 9.26. The molecule has 3 atom stereocenters. The Kier molecular flexibility index (Phi) is 5.73. The number of hydrogen-bond acceptors (Lipinski definition) is 0. The molecule has 108 valence electrons. The van der Waals surface area contributed by atoms with Crippen LogP contribution < -0.4 is 0 Å². The molecule has 3 unspecified atom stereocenters. The SMILES string of the molecule is C=C(CCC)C1C=CCCC1C(CC)CCC1CC1. The molecule has 0 radical (unpaired) electrons. The molecule has 0 aromatic carbocycles. The van der Waals surface area contributed by atoms with Crippen molar-refractivity contribution in [1.82, 2.24) is 0 Å². The lowest BCUT2D eigenvalue weighted by molar-refractivity contribution is 0.229. The van der Waals surface area contributed by atoms with Crippen molar-refractivity contribution in [3.8, 4) is 0 Å². The van der Waals surface area contributed by atoms with Gasteiger partial charge in [-0.3, -0.25) is 0 Å². The molecular formula is C19H32. The molecule has 0 aromatic heterocycles. The van der Waals surface area contributed by atoms with Gasteiger partial charge in [-0.2, -0.15) is 0 Å². The van der Waals surface area contributed by atoms with Crippen LogP contribution in [0.2, 0.25) is 0 Å². The topological polar surface area (TPSA) is 0 Å². The number of hydrogen-bond donors (Lipinski definition) is 0. The van der Waals surface area contributed by atoms with Gasteiger partial charge in [0.05, 0.1) is 0 Å². The van der Waals surface area contributed by atoms with E-state index in [2.05, 4.69) is 32.6 Å². The molecule has 2 aliphatic carbocycles. The second-order valence-electron chi connectivity index (χ2n) is 6.79. The largest absolute Gasteiger partial charge is 0.0993 e. The average molecular weight is 260 g/mol. The summed E-state index contributed by atoms with van der Waals surface area (Å²) in [5.74, 6) is 3.58. The smallest absolute Gasteiger partial charge is 0.000507 e. The predicted octanol–water partition coefficient (Wildman–Crippen LogP) is 6.14. The molecule has 19 heavy (non-hydrogen) atoms. The van der Waals surface area contributed by atoms with Gasteiger partial charge in [0, 0.05) is 5.92 Å². The summed E-state index contributed by atoms with van der Waals surface area (Å²) in [5.41, 5.74) is 1.49. The summed E-state index contributed by atoms with van der Waals surface area (Å²) >= 11 is 0. The molecule has 0 N–H and O–H groups in total. The quantitative estimate of drug-likeness (QED) is 0.460. The zero-order valence-electron chi connectivity index (χ0n) is 13.0. The Morgan fingerprint density at radius 2 is 2.05 bits per heavy atom. The summed E-state index contributed by atoms with van der Waals surface area (Å²) in [6.45, 7) is 9.06. The maximum absolute atomic E-state index is 4.39. The Morgan fingerprint density at radius 1 is 1.26 bits per heavy atom. The molecule has 0 aliphatic heterocycles. The van der Waals surface area contributed by atoms with Crippen LogP contribution in [0.5, 0.6) is 0 Å². The predicted molar refractivity (Wildman–Crippen MR) is 85.1 cm³/mol. The van der Waals surface area contributed by atoms with Crippen LogP contribution in [0, 0.1) is 23.7 Å². The van der Waals surface area contributed by atoms with Crippen LogP contribution in [0.3, 0.4) is 0 Å². The molecule has 0 heteroatoms. The zero-order valence-corrected chi connectivity index (χ0v) is 13.0. The summed E-state index contributed by atoms with van der Waals surface area (Å²) in [4.78, 5) is 0. The third kappa shape index (κ3) is 4.23. The van der Waals surface area contributed by atoms with E-state index in [-0.39, 0.29) is 0 Å². The lowest BCUT2D eigenvalue weighted by Gasteiger charge is -2.35. The molecule has 0 heterocycles. The van der Waals surface area contributed by atoms with Crippen LogP contribution in [-0.2, 0) is 0 Å². The highest BCUT2D eigenvalue weighted by Gasteiger charge is 2.31. The van der Waals surface area contributed by atoms with Gasteiger partial charge in [-0.1, -0.05) is 70.3 Å². The molecule has 0 bridgehead atoms. The van der Waals surface area contributed by atoms with Gasteiger partial charge in [-0.25, -0.2) is 0 Å². The van der Waals surface area contributed by atoms with Gasteiger partial charge in [-0.05, 0) is 43.4 Å². The average Bonchev–Trinajstić information content (AvgIpc) is 3.24. The summed E-state index contributed by atoms with van der Waals surface area (Å²) in [6, 6.07) is 0. The monoisotopic (exact) mass is 260 g/mol. The Hall–Kier alpha value is -0.520. The maximum Gasteiger partial charge on any atom is 0.000507 e. The Morgan fingerprint density at radius 3 is 2.68 bits per heavy atom. The molecule has 0 amide bonds. The highest BCUT2D eigenvalue weighted by atomic mass is 14.4. The van der Waals surface area contributed by atoms with Crippen LogP contribution in [0.1, 0.15) is 71.6 Å². The number of allylic oxidation sites excluding steroid dienone is 3. The fraction of sp³-hybridized carbons (Fsp3) is 0.789. The molecule has 0 saturated heterocycles. The molecule has 1 fully saturated rings. The molecule has 0 nitrogen and oxygen atoms in total. The van der Waals surface area contributed by atoms with Crippen LogP contribution >= 0.6 is 0 Å².